The second-order valence-electron chi connectivity index (χ2n) is 5.84. The van der Waals surface area contributed by atoms with Gasteiger partial charge in [0.05, 0.1) is 18.6 Å². The number of likely N-dealkylation sites (tertiary alicyclic amines) is 1. The largest absolute Gasteiger partial charge is 0.349 e. The van der Waals surface area contributed by atoms with Crippen molar-refractivity contribution in [3.05, 3.63) is 53.1 Å². The molecule has 0 saturated carbocycles. The molecule has 122 valence electrons. The molecule has 1 amide bonds. The zero-order chi connectivity index (χ0) is 16.1. The van der Waals surface area contributed by atoms with E-state index in [9.17, 15) is 4.79 Å². The van der Waals surface area contributed by atoms with Crippen LogP contribution in [0.2, 0.25) is 5.02 Å². The van der Waals surface area contributed by atoms with Crippen molar-refractivity contribution in [3.8, 4) is 0 Å². The Morgan fingerprint density at radius 3 is 2.65 bits per heavy atom. The number of piperidine rings is 1. The van der Waals surface area contributed by atoms with Crippen molar-refractivity contribution in [2.75, 3.05) is 19.6 Å². The Hall–Kier alpha value is -1.85. The summed E-state index contributed by atoms with van der Waals surface area (Å²) in [6.07, 6.45) is 6.74. The quantitative estimate of drug-likeness (QED) is 0.884. The molecule has 1 aliphatic rings. The van der Waals surface area contributed by atoms with E-state index in [0.29, 0.717) is 12.2 Å². The second kappa shape index (κ2) is 7.62. The predicted molar refractivity (Wildman–Crippen MR) is 90.5 cm³/mol. The topological polar surface area (TPSA) is 61.0 Å². The number of H-pyrrole nitrogens is 1. The van der Waals surface area contributed by atoms with E-state index in [1.807, 2.05) is 24.3 Å². The zero-order valence-electron chi connectivity index (χ0n) is 13.0. The first-order chi connectivity index (χ1) is 11.2. The first-order valence-corrected chi connectivity index (χ1v) is 8.38. The van der Waals surface area contributed by atoms with Crippen LogP contribution in [0.4, 0.5) is 0 Å². The summed E-state index contributed by atoms with van der Waals surface area (Å²) in [5.74, 6) is -0.126. The minimum Gasteiger partial charge on any atom is -0.349 e. The van der Waals surface area contributed by atoms with Gasteiger partial charge in [-0.05, 0) is 43.6 Å². The molecule has 0 spiro atoms. The molecule has 1 atom stereocenters. The summed E-state index contributed by atoms with van der Waals surface area (Å²) < 4.78 is 0. The average molecular weight is 333 g/mol. The molecule has 1 aliphatic heterocycles. The lowest BCUT2D eigenvalue weighted by atomic mass is 10.0. The second-order valence-corrected chi connectivity index (χ2v) is 6.28. The van der Waals surface area contributed by atoms with Gasteiger partial charge in [-0.25, -0.2) is 4.98 Å². The number of nitrogens with one attached hydrogen (secondary N) is 2. The van der Waals surface area contributed by atoms with E-state index in [1.54, 1.807) is 0 Å². The third-order valence-corrected chi connectivity index (χ3v) is 4.54. The van der Waals surface area contributed by atoms with E-state index < -0.39 is 0 Å². The van der Waals surface area contributed by atoms with Crippen LogP contribution in [-0.4, -0.2) is 40.4 Å². The number of carbonyl (C=O) groups is 1. The monoisotopic (exact) mass is 332 g/mol. The third kappa shape index (κ3) is 4.12. The smallest absolute Gasteiger partial charge is 0.269 e. The third-order valence-electron chi connectivity index (χ3n) is 4.29. The molecule has 6 heteroatoms. The summed E-state index contributed by atoms with van der Waals surface area (Å²) in [4.78, 5) is 21.3. The van der Waals surface area contributed by atoms with E-state index >= 15 is 0 Å². The van der Waals surface area contributed by atoms with Crippen LogP contribution in [-0.2, 0) is 0 Å². The van der Waals surface area contributed by atoms with Crippen molar-refractivity contribution < 1.29 is 4.79 Å². The highest BCUT2D eigenvalue weighted by atomic mass is 35.5. The number of aromatic nitrogens is 2. The number of rotatable bonds is 5. The van der Waals surface area contributed by atoms with Crippen LogP contribution in [0.1, 0.15) is 41.4 Å². The van der Waals surface area contributed by atoms with Gasteiger partial charge >= 0.3 is 0 Å². The van der Waals surface area contributed by atoms with Crippen LogP contribution in [0.25, 0.3) is 0 Å². The molecule has 23 heavy (non-hydrogen) atoms. The molecule has 0 unspecified atom stereocenters. The molecule has 1 fully saturated rings. The minimum absolute atomic E-state index is 0.126. The van der Waals surface area contributed by atoms with Gasteiger partial charge in [-0.1, -0.05) is 30.2 Å². The maximum absolute atomic E-state index is 12.2. The Bertz CT molecular complexity index is 621. The number of benzene rings is 1. The Balaban J connectivity index is 1.72. The maximum Gasteiger partial charge on any atom is 0.269 e. The van der Waals surface area contributed by atoms with E-state index in [0.717, 1.165) is 18.1 Å². The lowest BCUT2D eigenvalue weighted by molar-refractivity contribution is 0.0920. The van der Waals surface area contributed by atoms with Gasteiger partial charge in [0, 0.05) is 11.6 Å². The van der Waals surface area contributed by atoms with Crippen molar-refractivity contribution in [1.29, 1.82) is 0 Å². The summed E-state index contributed by atoms with van der Waals surface area (Å²) >= 11 is 6.00. The number of hydrogen-bond acceptors (Lipinski definition) is 3. The predicted octanol–water partition coefficient (Wildman–Crippen LogP) is 3.02. The molecule has 1 aromatic carbocycles. The number of amides is 1. The standard InChI is InChI=1S/C17H21ClN4O/c18-14-6-4-13(5-7-14)16(22-8-2-1-3-9-22)11-20-17(23)15-10-19-12-21-15/h4-7,10,12,16H,1-3,8-9,11H2,(H,19,21)(H,20,23)/t16-/m0/s1. The first kappa shape index (κ1) is 16.0. The fourth-order valence-electron chi connectivity index (χ4n) is 3.04. The number of halogens is 1. The summed E-state index contributed by atoms with van der Waals surface area (Å²) in [5.41, 5.74) is 1.67. The SMILES string of the molecule is O=C(NC[C@@H](c1ccc(Cl)cc1)N1CCCCC1)c1cnc[nH]1. The molecular weight excluding hydrogens is 312 g/mol. The van der Waals surface area contributed by atoms with E-state index in [1.165, 1.54) is 37.4 Å². The van der Waals surface area contributed by atoms with Crippen LogP contribution in [0.3, 0.4) is 0 Å². The number of nitrogens with zero attached hydrogens (tertiary/aromatic N) is 2. The van der Waals surface area contributed by atoms with Crippen LogP contribution >= 0.6 is 11.6 Å². The molecule has 5 nitrogen and oxygen atoms in total. The highest BCUT2D eigenvalue weighted by Crippen LogP contribution is 2.25. The van der Waals surface area contributed by atoms with Gasteiger partial charge in [0.2, 0.25) is 0 Å². The fourth-order valence-corrected chi connectivity index (χ4v) is 3.16. The number of imidazole rings is 1. The fraction of sp³-hybridized carbons (Fsp3) is 0.412. The molecule has 2 N–H and O–H groups in total. The van der Waals surface area contributed by atoms with Gasteiger partial charge in [0.1, 0.15) is 5.69 Å². The molecular formula is C17H21ClN4O. The highest BCUT2D eigenvalue weighted by Gasteiger charge is 2.23. The van der Waals surface area contributed by atoms with Gasteiger partial charge in [0.25, 0.3) is 5.91 Å². The van der Waals surface area contributed by atoms with Crippen LogP contribution in [0.5, 0.6) is 0 Å². The van der Waals surface area contributed by atoms with Crippen molar-refractivity contribution in [3.63, 3.8) is 0 Å². The lowest BCUT2D eigenvalue weighted by Crippen LogP contribution is -2.40. The van der Waals surface area contributed by atoms with Crippen LogP contribution in [0, 0.1) is 0 Å². The Kier molecular flexibility index (Phi) is 5.31. The minimum atomic E-state index is -0.126. The van der Waals surface area contributed by atoms with Gasteiger partial charge in [-0.3, -0.25) is 9.69 Å². The molecule has 2 aromatic rings. The molecule has 3 rings (SSSR count). The molecule has 1 aromatic heterocycles. The number of carbonyl (C=O) groups excluding carboxylic acids is 1. The van der Waals surface area contributed by atoms with E-state index in [2.05, 4.69) is 20.2 Å². The summed E-state index contributed by atoms with van der Waals surface area (Å²) in [7, 11) is 0. The van der Waals surface area contributed by atoms with Gasteiger partial charge < -0.3 is 10.3 Å². The van der Waals surface area contributed by atoms with Crippen LogP contribution < -0.4 is 5.32 Å². The summed E-state index contributed by atoms with van der Waals surface area (Å²) in [5, 5.41) is 3.74. The Labute approximate surface area is 141 Å². The lowest BCUT2D eigenvalue weighted by Gasteiger charge is -2.35. The number of hydrogen-bond donors (Lipinski definition) is 2. The summed E-state index contributed by atoms with van der Waals surface area (Å²) in [6, 6.07) is 8.07. The zero-order valence-corrected chi connectivity index (χ0v) is 13.7. The van der Waals surface area contributed by atoms with E-state index in [-0.39, 0.29) is 11.9 Å². The van der Waals surface area contributed by atoms with Gasteiger partial charge in [0.15, 0.2) is 0 Å². The Morgan fingerprint density at radius 2 is 2.00 bits per heavy atom. The maximum atomic E-state index is 12.2. The molecule has 0 aliphatic carbocycles. The van der Waals surface area contributed by atoms with Crippen molar-refractivity contribution in [1.82, 2.24) is 20.2 Å². The summed E-state index contributed by atoms with van der Waals surface area (Å²) in [6.45, 7) is 2.69. The Morgan fingerprint density at radius 1 is 1.26 bits per heavy atom. The molecule has 0 radical (unpaired) electrons. The average Bonchev–Trinajstić information content (AvgIpc) is 3.12. The van der Waals surface area contributed by atoms with E-state index in [4.69, 9.17) is 11.6 Å². The van der Waals surface area contributed by atoms with Crippen molar-refractivity contribution in [2.45, 2.75) is 25.3 Å². The molecule has 2 heterocycles. The first-order valence-electron chi connectivity index (χ1n) is 8.00. The normalized spacial score (nSPS) is 16.9. The van der Waals surface area contributed by atoms with Crippen molar-refractivity contribution >= 4 is 17.5 Å². The van der Waals surface area contributed by atoms with Gasteiger partial charge in [-0.15, -0.1) is 0 Å². The number of aromatic amines is 1. The van der Waals surface area contributed by atoms with Crippen molar-refractivity contribution in [2.24, 2.45) is 0 Å². The molecule has 1 saturated heterocycles. The molecule has 0 bridgehead atoms. The van der Waals surface area contributed by atoms with Gasteiger partial charge in [-0.2, -0.15) is 0 Å². The highest BCUT2D eigenvalue weighted by molar-refractivity contribution is 6.30. The van der Waals surface area contributed by atoms with Crippen LogP contribution in [0.15, 0.2) is 36.8 Å².